The van der Waals surface area contributed by atoms with Crippen LogP contribution in [0.5, 0.6) is 5.75 Å². The van der Waals surface area contributed by atoms with Gasteiger partial charge in [-0.1, -0.05) is 69.3 Å². The maximum atomic E-state index is 5.94. The SMILES string of the molecule is CCCCCCCCCOc1ccc2c(c1)Nc1ccccc1S2. The summed E-state index contributed by atoms with van der Waals surface area (Å²) in [5.41, 5.74) is 2.33. The Kier molecular flexibility index (Phi) is 6.48. The third kappa shape index (κ3) is 4.70. The van der Waals surface area contributed by atoms with Gasteiger partial charge in [-0.05, 0) is 30.7 Å². The van der Waals surface area contributed by atoms with Crippen LogP contribution in [0, 0.1) is 0 Å². The molecule has 0 saturated carbocycles. The molecule has 0 amide bonds. The molecule has 0 aliphatic carbocycles. The summed E-state index contributed by atoms with van der Waals surface area (Å²) in [6, 6.07) is 14.8. The van der Waals surface area contributed by atoms with E-state index < -0.39 is 0 Å². The van der Waals surface area contributed by atoms with Gasteiger partial charge in [0.25, 0.3) is 0 Å². The lowest BCUT2D eigenvalue weighted by Crippen LogP contribution is -2.01. The minimum atomic E-state index is 0.816. The Morgan fingerprint density at radius 2 is 1.58 bits per heavy atom. The molecule has 1 N–H and O–H groups in total. The van der Waals surface area contributed by atoms with Crippen molar-refractivity contribution >= 4 is 23.1 Å². The van der Waals surface area contributed by atoms with Crippen LogP contribution in [0.2, 0.25) is 0 Å². The largest absolute Gasteiger partial charge is 0.494 e. The van der Waals surface area contributed by atoms with Crippen molar-refractivity contribution < 1.29 is 4.74 Å². The second-order valence-electron chi connectivity index (χ2n) is 6.35. The van der Waals surface area contributed by atoms with Crippen molar-refractivity contribution in [2.24, 2.45) is 0 Å². The van der Waals surface area contributed by atoms with Gasteiger partial charge >= 0.3 is 0 Å². The maximum Gasteiger partial charge on any atom is 0.121 e. The van der Waals surface area contributed by atoms with E-state index in [4.69, 9.17) is 4.74 Å². The molecule has 128 valence electrons. The lowest BCUT2D eigenvalue weighted by Gasteiger charge is -2.21. The fourth-order valence-corrected chi connectivity index (χ4v) is 3.93. The van der Waals surface area contributed by atoms with Crippen molar-refractivity contribution in [3.8, 4) is 5.75 Å². The van der Waals surface area contributed by atoms with Crippen LogP contribution in [0.15, 0.2) is 52.3 Å². The molecule has 0 unspecified atom stereocenters. The number of benzene rings is 2. The van der Waals surface area contributed by atoms with E-state index in [1.165, 1.54) is 54.0 Å². The number of unbranched alkanes of at least 4 members (excludes halogenated alkanes) is 6. The molecule has 2 aromatic rings. The van der Waals surface area contributed by atoms with Crippen LogP contribution in [0.1, 0.15) is 51.9 Å². The summed E-state index contributed by atoms with van der Waals surface area (Å²) in [5.74, 6) is 0.965. The summed E-state index contributed by atoms with van der Waals surface area (Å²) in [6.07, 6.45) is 9.20. The average Bonchev–Trinajstić information content (AvgIpc) is 2.62. The lowest BCUT2D eigenvalue weighted by molar-refractivity contribution is 0.304. The van der Waals surface area contributed by atoms with Gasteiger partial charge in [-0.15, -0.1) is 0 Å². The Morgan fingerprint density at radius 3 is 2.46 bits per heavy atom. The first-order valence-electron chi connectivity index (χ1n) is 9.17. The normalized spacial score (nSPS) is 12.2. The van der Waals surface area contributed by atoms with Gasteiger partial charge in [-0.3, -0.25) is 0 Å². The van der Waals surface area contributed by atoms with Crippen LogP contribution in [-0.4, -0.2) is 6.61 Å². The number of hydrogen-bond acceptors (Lipinski definition) is 3. The van der Waals surface area contributed by atoms with Gasteiger partial charge in [0.05, 0.1) is 18.0 Å². The molecular weight excluding hydrogens is 314 g/mol. The second-order valence-corrected chi connectivity index (χ2v) is 7.43. The van der Waals surface area contributed by atoms with E-state index in [1.807, 2.05) is 11.8 Å². The molecule has 0 fully saturated rings. The van der Waals surface area contributed by atoms with Crippen molar-refractivity contribution in [1.29, 1.82) is 0 Å². The highest BCUT2D eigenvalue weighted by Gasteiger charge is 2.15. The van der Waals surface area contributed by atoms with Crippen molar-refractivity contribution in [3.05, 3.63) is 42.5 Å². The number of nitrogens with one attached hydrogen (secondary N) is 1. The van der Waals surface area contributed by atoms with Crippen LogP contribution >= 0.6 is 11.8 Å². The van der Waals surface area contributed by atoms with Crippen LogP contribution < -0.4 is 10.1 Å². The van der Waals surface area contributed by atoms with Crippen LogP contribution in [0.25, 0.3) is 0 Å². The van der Waals surface area contributed by atoms with Crippen molar-refractivity contribution in [1.82, 2.24) is 0 Å². The van der Waals surface area contributed by atoms with E-state index in [1.54, 1.807) is 0 Å². The minimum Gasteiger partial charge on any atom is -0.494 e. The number of anilines is 2. The van der Waals surface area contributed by atoms with E-state index in [9.17, 15) is 0 Å². The number of hydrogen-bond donors (Lipinski definition) is 1. The van der Waals surface area contributed by atoms with E-state index in [-0.39, 0.29) is 0 Å². The fourth-order valence-electron chi connectivity index (χ4n) is 2.96. The molecule has 1 heterocycles. The smallest absolute Gasteiger partial charge is 0.121 e. The van der Waals surface area contributed by atoms with Crippen molar-refractivity contribution in [3.63, 3.8) is 0 Å². The fraction of sp³-hybridized carbons (Fsp3) is 0.429. The summed E-state index contributed by atoms with van der Waals surface area (Å²) in [4.78, 5) is 2.54. The first-order chi connectivity index (χ1) is 11.9. The van der Waals surface area contributed by atoms with Gasteiger partial charge in [-0.2, -0.15) is 0 Å². The summed E-state index contributed by atoms with van der Waals surface area (Å²) < 4.78 is 5.94. The quantitative estimate of drug-likeness (QED) is 0.422. The summed E-state index contributed by atoms with van der Waals surface area (Å²) in [6.45, 7) is 3.08. The summed E-state index contributed by atoms with van der Waals surface area (Å²) >= 11 is 1.81. The van der Waals surface area contributed by atoms with Crippen molar-refractivity contribution in [2.45, 2.75) is 61.7 Å². The van der Waals surface area contributed by atoms with Gasteiger partial charge < -0.3 is 10.1 Å². The van der Waals surface area contributed by atoms with Gasteiger partial charge in [0.15, 0.2) is 0 Å². The molecule has 0 aromatic heterocycles. The molecule has 0 saturated heterocycles. The highest BCUT2D eigenvalue weighted by atomic mass is 32.2. The van der Waals surface area contributed by atoms with Crippen LogP contribution in [0.3, 0.4) is 0 Å². The Balaban J connectivity index is 1.44. The highest BCUT2D eigenvalue weighted by Crippen LogP contribution is 2.44. The molecule has 0 radical (unpaired) electrons. The molecule has 2 nitrogen and oxygen atoms in total. The van der Waals surface area contributed by atoms with Gasteiger partial charge in [0.1, 0.15) is 5.75 Å². The third-order valence-electron chi connectivity index (χ3n) is 4.34. The first-order valence-corrected chi connectivity index (χ1v) is 9.99. The Bertz CT molecular complexity index is 656. The van der Waals surface area contributed by atoms with E-state index in [2.05, 4.69) is 54.7 Å². The molecule has 2 aromatic carbocycles. The van der Waals surface area contributed by atoms with Crippen LogP contribution in [-0.2, 0) is 0 Å². The van der Waals surface area contributed by atoms with E-state index >= 15 is 0 Å². The number of rotatable bonds is 9. The molecule has 3 heteroatoms. The zero-order chi connectivity index (χ0) is 16.6. The number of para-hydroxylation sites is 1. The highest BCUT2D eigenvalue weighted by molar-refractivity contribution is 7.99. The number of ether oxygens (including phenoxy) is 1. The Labute approximate surface area is 150 Å². The van der Waals surface area contributed by atoms with E-state index in [0.717, 1.165) is 24.5 Å². The van der Waals surface area contributed by atoms with Crippen molar-refractivity contribution in [2.75, 3.05) is 11.9 Å². The predicted molar refractivity (Wildman–Crippen MR) is 104 cm³/mol. The molecule has 1 aliphatic rings. The zero-order valence-corrected chi connectivity index (χ0v) is 15.3. The van der Waals surface area contributed by atoms with Gasteiger partial charge in [-0.25, -0.2) is 0 Å². The monoisotopic (exact) mass is 341 g/mol. The Morgan fingerprint density at radius 1 is 0.833 bits per heavy atom. The lowest BCUT2D eigenvalue weighted by atomic mass is 10.1. The third-order valence-corrected chi connectivity index (χ3v) is 5.50. The van der Waals surface area contributed by atoms with Gasteiger partial charge in [0.2, 0.25) is 0 Å². The predicted octanol–water partition coefficient (Wildman–Crippen LogP) is 7.02. The van der Waals surface area contributed by atoms with Gasteiger partial charge in [0, 0.05) is 15.9 Å². The van der Waals surface area contributed by atoms with E-state index in [0.29, 0.717) is 0 Å². The first kappa shape index (κ1) is 17.2. The topological polar surface area (TPSA) is 21.3 Å². The van der Waals surface area contributed by atoms with Crippen LogP contribution in [0.4, 0.5) is 11.4 Å². The maximum absolute atomic E-state index is 5.94. The molecule has 0 atom stereocenters. The molecule has 0 bridgehead atoms. The second kappa shape index (κ2) is 9.03. The molecule has 1 aliphatic heterocycles. The number of fused-ring (bicyclic) bond motifs is 2. The molecule has 0 spiro atoms. The zero-order valence-electron chi connectivity index (χ0n) is 14.5. The minimum absolute atomic E-state index is 0.816. The summed E-state index contributed by atoms with van der Waals surface area (Å²) in [5, 5.41) is 3.51. The Hall–Kier alpha value is -1.61. The molecule has 3 rings (SSSR count). The summed E-state index contributed by atoms with van der Waals surface area (Å²) in [7, 11) is 0. The standard InChI is InChI=1S/C21H27NOS/c1-2-3-4-5-6-7-10-15-23-17-13-14-21-19(16-17)22-18-11-8-9-12-20(18)24-21/h8-9,11-14,16,22H,2-7,10,15H2,1H3. The average molecular weight is 342 g/mol. The molecular formula is C21H27NOS. The molecule has 24 heavy (non-hydrogen) atoms.